The summed E-state index contributed by atoms with van der Waals surface area (Å²) in [6.07, 6.45) is 0. The lowest BCUT2D eigenvalue weighted by atomic mass is 9.78. The lowest BCUT2D eigenvalue weighted by molar-refractivity contribution is -0.319. The highest BCUT2D eigenvalue weighted by Gasteiger charge is 2.48. The van der Waals surface area contributed by atoms with Gasteiger partial charge in [-0.25, -0.2) is 0 Å². The molecular weight excluding hydrogens is 232 g/mol. The van der Waals surface area contributed by atoms with E-state index in [1.54, 1.807) is 19.0 Å². The first-order valence-corrected chi connectivity index (χ1v) is 6.41. The van der Waals surface area contributed by atoms with Crippen LogP contribution < -0.4 is 5.59 Å². The Hall–Kier alpha value is -0.200. The van der Waals surface area contributed by atoms with Crippen LogP contribution in [0, 0.1) is 5.41 Å². The van der Waals surface area contributed by atoms with E-state index in [9.17, 15) is 5.11 Å². The van der Waals surface area contributed by atoms with E-state index in [2.05, 4.69) is 33.3 Å². The van der Waals surface area contributed by atoms with E-state index in [-0.39, 0.29) is 11.0 Å². The van der Waals surface area contributed by atoms with Gasteiger partial charge >= 0.3 is 0 Å². The fourth-order valence-electron chi connectivity index (χ4n) is 1.32. The number of hydroxylamine groups is 1. The molecule has 5 nitrogen and oxygen atoms in total. The van der Waals surface area contributed by atoms with Crippen molar-refractivity contribution in [2.24, 2.45) is 5.41 Å². The number of nitrogens with zero attached hydrogens (tertiary/aromatic N) is 1. The lowest BCUT2D eigenvalue weighted by Crippen LogP contribution is -2.53. The minimum absolute atomic E-state index is 0.0161. The highest BCUT2D eigenvalue weighted by Crippen LogP contribution is 2.40. The maximum atomic E-state index is 10.0. The monoisotopic (exact) mass is 260 g/mol. The van der Waals surface area contributed by atoms with Crippen LogP contribution in [0.25, 0.3) is 0 Å². The SMILES string of the molecule is CC(C)(O)C(C)(C)ONN1CC(C)(C)C(C)(C)O1. The third kappa shape index (κ3) is 3.03. The minimum Gasteiger partial charge on any atom is -0.387 e. The molecule has 18 heavy (non-hydrogen) atoms. The highest BCUT2D eigenvalue weighted by atomic mass is 16.8. The van der Waals surface area contributed by atoms with Crippen molar-refractivity contribution in [3.05, 3.63) is 0 Å². The van der Waals surface area contributed by atoms with E-state index < -0.39 is 11.2 Å². The zero-order valence-electron chi connectivity index (χ0n) is 12.9. The van der Waals surface area contributed by atoms with E-state index in [4.69, 9.17) is 9.68 Å². The van der Waals surface area contributed by atoms with Crippen LogP contribution in [-0.2, 0) is 9.68 Å². The molecule has 1 rings (SSSR count). The van der Waals surface area contributed by atoms with Crippen molar-refractivity contribution in [3.63, 3.8) is 0 Å². The molecule has 1 aliphatic heterocycles. The summed E-state index contributed by atoms with van der Waals surface area (Å²) >= 11 is 0. The molecule has 1 saturated heterocycles. The second-order valence-corrected chi connectivity index (χ2v) is 7.28. The van der Waals surface area contributed by atoms with Gasteiger partial charge in [0.05, 0.1) is 17.7 Å². The van der Waals surface area contributed by atoms with E-state index in [1.807, 2.05) is 13.8 Å². The fourth-order valence-corrected chi connectivity index (χ4v) is 1.32. The molecule has 0 aromatic heterocycles. The van der Waals surface area contributed by atoms with Gasteiger partial charge in [-0.1, -0.05) is 19.0 Å². The van der Waals surface area contributed by atoms with Crippen LogP contribution in [0.2, 0.25) is 0 Å². The summed E-state index contributed by atoms with van der Waals surface area (Å²) in [4.78, 5) is 11.4. The first kappa shape index (κ1) is 15.9. The Morgan fingerprint density at radius 3 is 2.00 bits per heavy atom. The molecule has 0 unspecified atom stereocenters. The topological polar surface area (TPSA) is 54.0 Å². The van der Waals surface area contributed by atoms with E-state index in [1.165, 1.54) is 0 Å². The maximum absolute atomic E-state index is 10.0. The highest BCUT2D eigenvalue weighted by molar-refractivity contribution is 4.92. The number of hydrogen-bond acceptors (Lipinski definition) is 5. The smallest absolute Gasteiger partial charge is 0.114 e. The summed E-state index contributed by atoms with van der Waals surface area (Å²) in [5.41, 5.74) is 0.863. The van der Waals surface area contributed by atoms with Gasteiger partial charge in [0.15, 0.2) is 0 Å². The second-order valence-electron chi connectivity index (χ2n) is 7.28. The molecule has 1 aliphatic rings. The van der Waals surface area contributed by atoms with Gasteiger partial charge in [-0.2, -0.15) is 0 Å². The average Bonchev–Trinajstić information content (AvgIpc) is 2.30. The Morgan fingerprint density at radius 2 is 1.67 bits per heavy atom. The zero-order valence-corrected chi connectivity index (χ0v) is 12.9. The first-order chi connectivity index (χ1) is 7.79. The first-order valence-electron chi connectivity index (χ1n) is 6.41. The predicted octanol–water partition coefficient (Wildman–Crippen LogP) is 2.02. The van der Waals surface area contributed by atoms with Crippen LogP contribution in [-0.4, -0.2) is 33.6 Å². The molecule has 5 heteroatoms. The molecule has 2 N–H and O–H groups in total. The Bertz CT molecular complexity index is 290. The second kappa shape index (κ2) is 4.42. The van der Waals surface area contributed by atoms with Crippen LogP contribution in [0.4, 0.5) is 0 Å². The van der Waals surface area contributed by atoms with Crippen molar-refractivity contribution >= 4 is 0 Å². The molecule has 0 aromatic rings. The van der Waals surface area contributed by atoms with Gasteiger partial charge in [-0.05, 0) is 41.5 Å². The van der Waals surface area contributed by atoms with Crippen molar-refractivity contribution < 1.29 is 14.8 Å². The van der Waals surface area contributed by atoms with Crippen LogP contribution in [0.1, 0.15) is 55.4 Å². The number of nitrogens with one attached hydrogen (secondary N) is 1. The summed E-state index contributed by atoms with van der Waals surface area (Å²) in [7, 11) is 0. The van der Waals surface area contributed by atoms with Crippen LogP contribution >= 0.6 is 0 Å². The van der Waals surface area contributed by atoms with Crippen LogP contribution in [0.15, 0.2) is 0 Å². The van der Waals surface area contributed by atoms with Gasteiger partial charge in [0.25, 0.3) is 0 Å². The lowest BCUT2D eigenvalue weighted by Gasteiger charge is -2.37. The normalized spacial score (nSPS) is 24.5. The average molecular weight is 260 g/mol. The summed E-state index contributed by atoms with van der Waals surface area (Å²) < 4.78 is 0. The van der Waals surface area contributed by atoms with Crippen molar-refractivity contribution in [1.82, 2.24) is 10.8 Å². The number of hydrogen-bond donors (Lipinski definition) is 2. The molecule has 0 saturated carbocycles. The van der Waals surface area contributed by atoms with Gasteiger partial charge in [-0.15, -0.1) is 5.59 Å². The number of hydrazine groups is 1. The van der Waals surface area contributed by atoms with Crippen molar-refractivity contribution in [2.45, 2.75) is 72.2 Å². The van der Waals surface area contributed by atoms with Crippen molar-refractivity contribution in [2.75, 3.05) is 6.54 Å². The molecule has 0 aliphatic carbocycles. The standard InChI is InChI=1S/C13H28N2O3/c1-10(2)9-15(18-12(10,5)6)14-17-13(7,8)11(3,4)16/h14,16H,9H2,1-8H3. The Labute approximate surface area is 110 Å². The quantitative estimate of drug-likeness (QED) is 0.757. The van der Waals surface area contributed by atoms with E-state index in [0.717, 1.165) is 0 Å². The Kier molecular flexibility index (Phi) is 3.89. The fraction of sp³-hybridized carbons (Fsp3) is 1.00. The molecule has 0 spiro atoms. The molecule has 108 valence electrons. The molecule has 0 aromatic carbocycles. The molecule has 0 radical (unpaired) electrons. The predicted molar refractivity (Wildman–Crippen MR) is 70.2 cm³/mol. The summed E-state index contributed by atoms with van der Waals surface area (Å²) in [5, 5.41) is 11.6. The summed E-state index contributed by atoms with van der Waals surface area (Å²) in [6.45, 7) is 16.2. The van der Waals surface area contributed by atoms with Crippen molar-refractivity contribution in [1.29, 1.82) is 0 Å². The molecule has 1 heterocycles. The maximum Gasteiger partial charge on any atom is 0.114 e. The van der Waals surface area contributed by atoms with Crippen molar-refractivity contribution in [3.8, 4) is 0 Å². The van der Waals surface area contributed by atoms with Gasteiger partial charge in [0, 0.05) is 5.41 Å². The van der Waals surface area contributed by atoms with Gasteiger partial charge in [0.2, 0.25) is 0 Å². The van der Waals surface area contributed by atoms with E-state index >= 15 is 0 Å². The minimum atomic E-state index is -0.954. The zero-order chi connectivity index (χ0) is 14.4. The Balaban J connectivity index is 2.58. The van der Waals surface area contributed by atoms with Gasteiger partial charge in [-0.3, -0.25) is 9.68 Å². The van der Waals surface area contributed by atoms with Gasteiger partial charge in [0.1, 0.15) is 5.60 Å². The third-order valence-electron chi connectivity index (χ3n) is 4.38. The van der Waals surface area contributed by atoms with E-state index in [0.29, 0.717) is 6.54 Å². The number of rotatable bonds is 4. The molecule has 0 bridgehead atoms. The van der Waals surface area contributed by atoms with Crippen LogP contribution in [0.3, 0.4) is 0 Å². The largest absolute Gasteiger partial charge is 0.387 e. The molecule has 0 amide bonds. The molecule has 0 atom stereocenters. The van der Waals surface area contributed by atoms with Gasteiger partial charge < -0.3 is 5.11 Å². The Morgan fingerprint density at radius 1 is 1.17 bits per heavy atom. The molecular formula is C13H28N2O3. The summed E-state index contributed by atoms with van der Waals surface area (Å²) in [6, 6.07) is 0. The molecule has 1 fully saturated rings. The summed E-state index contributed by atoms with van der Waals surface area (Å²) in [5.74, 6) is 0. The van der Waals surface area contributed by atoms with Crippen LogP contribution in [0.5, 0.6) is 0 Å². The number of aliphatic hydroxyl groups is 1. The third-order valence-corrected chi connectivity index (χ3v) is 4.38.